The summed E-state index contributed by atoms with van der Waals surface area (Å²) in [5, 5.41) is 2.94. The molecule has 0 saturated carbocycles. The molecule has 0 unspecified atom stereocenters. The molecular formula is C38H45ClN2O8S. The Balaban J connectivity index is 1.48. The number of rotatable bonds is 15. The minimum atomic E-state index is -4.09. The fraction of sp³-hybridized carbons (Fsp3) is 0.421. The van der Waals surface area contributed by atoms with Crippen LogP contribution in [0, 0.1) is 0 Å². The highest BCUT2D eigenvalue weighted by Crippen LogP contribution is 2.34. The first-order valence-corrected chi connectivity index (χ1v) is 18.8. The van der Waals surface area contributed by atoms with Crippen LogP contribution in [0.4, 0.5) is 10.5 Å². The maximum absolute atomic E-state index is 14.0. The first-order chi connectivity index (χ1) is 23.6. The first-order valence-electron chi connectivity index (χ1n) is 16.8. The maximum atomic E-state index is 14.0. The number of ketones is 2. The number of halogens is 1. The Morgan fingerprint density at radius 2 is 1.56 bits per heavy atom. The molecule has 268 valence electrons. The highest BCUT2D eigenvalue weighted by molar-refractivity contribution is 7.91. The Bertz CT molecular complexity index is 1780. The zero-order chi connectivity index (χ0) is 36.5. The number of hydrogen-bond donors (Lipinski definition) is 1. The number of benzene rings is 3. The van der Waals surface area contributed by atoms with Gasteiger partial charge in [0, 0.05) is 23.4 Å². The highest BCUT2D eigenvalue weighted by Gasteiger charge is 2.39. The minimum absolute atomic E-state index is 0.0308. The van der Waals surface area contributed by atoms with Crippen molar-refractivity contribution in [3.8, 4) is 5.75 Å². The Labute approximate surface area is 299 Å². The highest BCUT2D eigenvalue weighted by atomic mass is 35.5. The van der Waals surface area contributed by atoms with E-state index in [1.165, 1.54) is 23.1 Å². The fourth-order valence-corrected chi connectivity index (χ4v) is 7.25. The van der Waals surface area contributed by atoms with Crippen LogP contribution in [-0.4, -0.2) is 56.0 Å². The van der Waals surface area contributed by atoms with Gasteiger partial charge < -0.3 is 24.5 Å². The number of ether oxygens (including phenoxy) is 2. The van der Waals surface area contributed by atoms with Crippen molar-refractivity contribution in [3.63, 3.8) is 0 Å². The van der Waals surface area contributed by atoms with Gasteiger partial charge in [-0.15, -0.1) is 0 Å². The van der Waals surface area contributed by atoms with Crippen molar-refractivity contribution in [2.75, 3.05) is 17.3 Å². The number of carbonyl (C=O) groups is 4. The van der Waals surface area contributed by atoms with E-state index in [1.54, 1.807) is 52.0 Å². The van der Waals surface area contributed by atoms with Gasteiger partial charge in [0.15, 0.2) is 15.6 Å². The third kappa shape index (κ3) is 11.4. The van der Waals surface area contributed by atoms with Gasteiger partial charge in [0.2, 0.25) is 0 Å². The number of aryl methyl sites for hydroxylation is 1. The predicted octanol–water partition coefficient (Wildman–Crippen LogP) is 7.29. The number of nitrogens with zero attached hydrogens (tertiary/aromatic N) is 1. The van der Waals surface area contributed by atoms with Gasteiger partial charge in [-0.1, -0.05) is 48.7 Å². The molecular weight excluding hydrogens is 680 g/mol. The number of nitrogens with one attached hydrogen (secondary N) is 1. The molecule has 1 heterocycles. The number of carbonyl (C=O) groups excluding carboxylic acids is 4. The number of alkyl carbamates (subject to hydrolysis) is 1. The maximum Gasteiger partial charge on any atom is 0.408 e. The van der Waals surface area contributed by atoms with Crippen molar-refractivity contribution in [2.24, 2.45) is 0 Å². The largest absolute Gasteiger partial charge is 0.494 e. The molecule has 1 aliphatic heterocycles. The Kier molecular flexibility index (Phi) is 13.2. The number of unbranched alkanes of at least 4 members (excludes halogenated alkanes) is 3. The Hall–Kier alpha value is -4.22. The number of fused-ring (bicyclic) bond motifs is 1. The molecule has 12 heteroatoms. The van der Waals surface area contributed by atoms with E-state index in [1.807, 2.05) is 24.3 Å². The van der Waals surface area contributed by atoms with Crippen LogP contribution in [0.5, 0.6) is 5.75 Å². The van der Waals surface area contributed by atoms with Crippen LogP contribution >= 0.6 is 11.6 Å². The molecule has 1 aliphatic rings. The molecule has 0 radical (unpaired) electrons. The van der Waals surface area contributed by atoms with Crippen LogP contribution in [0.2, 0.25) is 5.02 Å². The number of anilines is 1. The standard InChI is InChI=1S/C38H45ClN2O8S/c1-26(42)9-7-5-6-8-22-48-31-18-12-27(13-19-31)14-20-34(43)29-15-21-35-33(23-29)41(24-28-10-16-30(39)17-11-28)36(44)32(25-50(35,46)47)40-37(45)49-38(2,3)4/h10-13,15-19,21,23,32H,5-9,14,20,22,24-25H2,1-4H3,(H,40,45)/t32-/m0/s1. The van der Waals surface area contributed by atoms with Crippen molar-refractivity contribution in [2.45, 2.75) is 95.7 Å². The molecule has 3 aromatic rings. The first kappa shape index (κ1) is 38.6. The normalized spacial score (nSPS) is 15.5. The smallest absolute Gasteiger partial charge is 0.408 e. The summed E-state index contributed by atoms with van der Waals surface area (Å²) in [6, 6.07) is 17.1. The summed E-state index contributed by atoms with van der Waals surface area (Å²) in [4.78, 5) is 52.3. The van der Waals surface area contributed by atoms with E-state index in [0.717, 1.165) is 37.0 Å². The lowest BCUT2D eigenvalue weighted by molar-refractivity contribution is -0.120. The van der Waals surface area contributed by atoms with Crippen LogP contribution in [0.15, 0.2) is 71.6 Å². The number of Topliss-reactive ketones (excluding diaryl/α,β-unsaturated/α-hetero) is 2. The molecule has 0 saturated heterocycles. The molecule has 10 nitrogen and oxygen atoms in total. The van der Waals surface area contributed by atoms with Crippen molar-refractivity contribution >= 4 is 50.7 Å². The monoisotopic (exact) mass is 724 g/mol. The lowest BCUT2D eigenvalue weighted by Gasteiger charge is -2.27. The average molecular weight is 725 g/mol. The number of hydrogen-bond acceptors (Lipinski definition) is 8. The van der Waals surface area contributed by atoms with Gasteiger partial charge in [0.25, 0.3) is 5.91 Å². The summed E-state index contributed by atoms with van der Waals surface area (Å²) in [7, 11) is -4.09. The Morgan fingerprint density at radius 1 is 0.900 bits per heavy atom. The molecule has 1 atom stereocenters. The zero-order valence-corrected chi connectivity index (χ0v) is 30.6. The summed E-state index contributed by atoms with van der Waals surface area (Å²) in [5.74, 6) is -0.603. The molecule has 0 fully saturated rings. The average Bonchev–Trinajstić information content (AvgIpc) is 3.11. The molecule has 4 rings (SSSR count). The van der Waals surface area contributed by atoms with Gasteiger partial charge in [0.1, 0.15) is 23.2 Å². The second-order valence-electron chi connectivity index (χ2n) is 13.5. The van der Waals surface area contributed by atoms with Gasteiger partial charge in [-0.2, -0.15) is 0 Å². The molecule has 3 aromatic carbocycles. The molecule has 2 amide bonds. The summed E-state index contributed by atoms with van der Waals surface area (Å²) in [5.41, 5.74) is 1.05. The van der Waals surface area contributed by atoms with E-state index < -0.39 is 39.2 Å². The Morgan fingerprint density at radius 3 is 2.22 bits per heavy atom. The van der Waals surface area contributed by atoms with Gasteiger partial charge in [-0.3, -0.25) is 9.59 Å². The number of sulfone groups is 1. The van der Waals surface area contributed by atoms with E-state index in [2.05, 4.69) is 5.32 Å². The van der Waals surface area contributed by atoms with Crippen molar-refractivity contribution in [3.05, 3.63) is 88.4 Å². The molecule has 0 aliphatic carbocycles. The van der Waals surface area contributed by atoms with Crippen LogP contribution in [-0.2, 0) is 37.1 Å². The van der Waals surface area contributed by atoms with E-state index in [4.69, 9.17) is 21.1 Å². The summed E-state index contributed by atoms with van der Waals surface area (Å²) in [6.45, 7) is 7.14. The van der Waals surface area contributed by atoms with Gasteiger partial charge in [-0.05, 0) is 101 Å². The van der Waals surface area contributed by atoms with E-state index >= 15 is 0 Å². The summed E-state index contributed by atoms with van der Waals surface area (Å²) in [6.07, 6.45) is 4.10. The van der Waals surface area contributed by atoms with Crippen LogP contribution in [0.25, 0.3) is 0 Å². The van der Waals surface area contributed by atoms with Gasteiger partial charge in [-0.25, -0.2) is 13.2 Å². The second kappa shape index (κ2) is 17.1. The quantitative estimate of drug-likeness (QED) is 0.128. The van der Waals surface area contributed by atoms with Gasteiger partial charge >= 0.3 is 6.09 Å². The fourth-order valence-electron chi connectivity index (χ4n) is 5.51. The van der Waals surface area contributed by atoms with E-state index in [-0.39, 0.29) is 40.7 Å². The third-order valence-corrected chi connectivity index (χ3v) is 10.1. The molecule has 0 spiro atoms. The lowest BCUT2D eigenvalue weighted by atomic mass is 10.0. The van der Waals surface area contributed by atoms with Crippen LogP contribution in [0.3, 0.4) is 0 Å². The van der Waals surface area contributed by atoms with Gasteiger partial charge in [0.05, 0.1) is 29.5 Å². The van der Waals surface area contributed by atoms with Crippen LogP contribution < -0.4 is 15.0 Å². The minimum Gasteiger partial charge on any atom is -0.494 e. The summed E-state index contributed by atoms with van der Waals surface area (Å²) < 4.78 is 38.4. The SMILES string of the molecule is CC(=O)CCCCCCOc1ccc(CCC(=O)c2ccc3c(c2)N(Cc2ccc(Cl)cc2)C(=O)[C@@H](NC(=O)OC(C)(C)C)CS3(=O)=O)cc1. The van der Waals surface area contributed by atoms with Crippen molar-refractivity contribution in [1.82, 2.24) is 5.32 Å². The van der Waals surface area contributed by atoms with E-state index in [9.17, 15) is 27.6 Å². The molecule has 0 aromatic heterocycles. The summed E-state index contributed by atoms with van der Waals surface area (Å²) >= 11 is 6.07. The van der Waals surface area contributed by atoms with Crippen molar-refractivity contribution in [1.29, 1.82) is 0 Å². The van der Waals surface area contributed by atoms with E-state index in [0.29, 0.717) is 30.0 Å². The number of amides is 2. The lowest BCUT2D eigenvalue weighted by Crippen LogP contribution is -2.51. The second-order valence-corrected chi connectivity index (χ2v) is 15.9. The van der Waals surface area contributed by atoms with Crippen molar-refractivity contribution < 1.29 is 37.1 Å². The predicted molar refractivity (Wildman–Crippen MR) is 193 cm³/mol. The molecule has 1 N–H and O–H groups in total. The van der Waals surface area contributed by atoms with Crippen LogP contribution in [0.1, 0.15) is 87.7 Å². The topological polar surface area (TPSA) is 136 Å². The third-order valence-electron chi connectivity index (χ3n) is 8.06. The molecule has 50 heavy (non-hydrogen) atoms. The zero-order valence-electron chi connectivity index (χ0n) is 29.0. The molecule has 0 bridgehead atoms.